The average Bonchev–Trinajstić information content (AvgIpc) is 2.45. The van der Waals surface area contributed by atoms with E-state index in [4.69, 9.17) is 4.98 Å². The number of hydrogen-bond donors (Lipinski definition) is 1. The molecule has 0 spiro atoms. The Morgan fingerprint density at radius 1 is 1.10 bits per heavy atom. The lowest BCUT2D eigenvalue weighted by atomic mass is 10.2. The summed E-state index contributed by atoms with van der Waals surface area (Å²) >= 11 is 0. The Bertz CT molecular complexity index is 357. The van der Waals surface area contributed by atoms with Gasteiger partial charge in [0.1, 0.15) is 5.82 Å². The molecule has 0 unspecified atom stereocenters. The summed E-state index contributed by atoms with van der Waals surface area (Å²) in [4.78, 5) is 11.5. The Morgan fingerprint density at radius 3 is 2.30 bits per heavy atom. The zero-order valence-corrected chi connectivity index (χ0v) is 13.5. The first-order valence-electron chi connectivity index (χ1n) is 7.96. The monoisotopic (exact) mass is 278 g/mol. The minimum Gasteiger partial charge on any atom is -0.355 e. The molecule has 4 nitrogen and oxygen atoms in total. The van der Waals surface area contributed by atoms with Crippen LogP contribution in [-0.4, -0.2) is 29.1 Å². The van der Waals surface area contributed by atoms with Gasteiger partial charge >= 0.3 is 0 Å². The fourth-order valence-electron chi connectivity index (χ4n) is 1.98. The van der Waals surface area contributed by atoms with E-state index in [0.717, 1.165) is 31.1 Å². The molecule has 0 aromatic carbocycles. The second-order valence-electron chi connectivity index (χ2n) is 5.60. The van der Waals surface area contributed by atoms with Crippen molar-refractivity contribution in [2.24, 2.45) is 0 Å². The fraction of sp³-hybridized carbons (Fsp3) is 0.750. The number of hydrogen-bond acceptors (Lipinski definition) is 4. The molecule has 0 radical (unpaired) electrons. The average molecular weight is 278 g/mol. The third-order valence-corrected chi connectivity index (χ3v) is 3.25. The number of nitrogens with one attached hydrogen (secondary N) is 1. The largest absolute Gasteiger partial charge is 0.355 e. The molecule has 114 valence electrons. The van der Waals surface area contributed by atoms with Crippen molar-refractivity contribution in [1.82, 2.24) is 15.3 Å². The topological polar surface area (TPSA) is 41.1 Å². The van der Waals surface area contributed by atoms with Crippen LogP contribution in [0.1, 0.15) is 59.1 Å². The molecule has 0 saturated heterocycles. The van der Waals surface area contributed by atoms with Crippen molar-refractivity contribution in [3.05, 3.63) is 18.1 Å². The van der Waals surface area contributed by atoms with E-state index >= 15 is 0 Å². The van der Waals surface area contributed by atoms with Gasteiger partial charge in [0.05, 0.1) is 11.9 Å². The maximum Gasteiger partial charge on any atom is 0.147 e. The Balaban J connectivity index is 2.70. The lowest BCUT2D eigenvalue weighted by molar-refractivity contribution is 0.578. The number of rotatable bonds is 10. The van der Waals surface area contributed by atoms with Crippen molar-refractivity contribution in [3.8, 4) is 0 Å². The van der Waals surface area contributed by atoms with E-state index < -0.39 is 0 Å². The molecule has 1 aromatic heterocycles. The third kappa shape index (κ3) is 6.33. The molecule has 1 heterocycles. The molecule has 1 aromatic rings. The molecule has 0 aliphatic carbocycles. The highest BCUT2D eigenvalue weighted by Crippen LogP contribution is 2.12. The van der Waals surface area contributed by atoms with E-state index in [2.05, 4.69) is 42.9 Å². The molecule has 20 heavy (non-hydrogen) atoms. The van der Waals surface area contributed by atoms with Crippen molar-refractivity contribution >= 4 is 5.82 Å². The highest BCUT2D eigenvalue weighted by atomic mass is 15.2. The summed E-state index contributed by atoms with van der Waals surface area (Å²) in [6.45, 7) is 11.7. The quantitative estimate of drug-likeness (QED) is 0.712. The maximum atomic E-state index is 4.75. The fourth-order valence-corrected chi connectivity index (χ4v) is 1.98. The highest BCUT2D eigenvalue weighted by Gasteiger charge is 2.08. The molecule has 0 fully saturated rings. The predicted octanol–water partition coefficient (Wildman–Crippen LogP) is 3.38. The Morgan fingerprint density at radius 2 is 1.75 bits per heavy atom. The Kier molecular flexibility index (Phi) is 8.19. The Labute approximate surface area is 124 Å². The molecule has 0 aliphatic rings. The van der Waals surface area contributed by atoms with Gasteiger partial charge in [-0.3, -0.25) is 4.98 Å². The molecular weight excluding hydrogens is 248 g/mol. The van der Waals surface area contributed by atoms with Gasteiger partial charge in [-0.15, -0.1) is 0 Å². The van der Waals surface area contributed by atoms with Gasteiger partial charge in [-0.2, -0.15) is 0 Å². The molecule has 0 amide bonds. The van der Waals surface area contributed by atoms with E-state index in [9.17, 15) is 0 Å². The molecule has 4 heteroatoms. The minimum absolute atomic E-state index is 0.469. The summed E-state index contributed by atoms with van der Waals surface area (Å²) in [6.07, 6.45) is 8.59. The van der Waals surface area contributed by atoms with Crippen LogP contribution in [-0.2, 0) is 6.54 Å². The molecule has 0 saturated carbocycles. The van der Waals surface area contributed by atoms with Gasteiger partial charge in [0.25, 0.3) is 0 Å². The zero-order chi connectivity index (χ0) is 14.8. The van der Waals surface area contributed by atoms with Crippen LogP contribution in [0.4, 0.5) is 5.82 Å². The van der Waals surface area contributed by atoms with Crippen LogP contribution >= 0.6 is 0 Å². The van der Waals surface area contributed by atoms with Gasteiger partial charge in [-0.1, -0.05) is 40.5 Å². The van der Waals surface area contributed by atoms with Crippen LogP contribution in [0.3, 0.4) is 0 Å². The lowest BCUT2D eigenvalue weighted by Gasteiger charge is -2.23. The van der Waals surface area contributed by atoms with Crippen molar-refractivity contribution in [1.29, 1.82) is 0 Å². The van der Waals surface area contributed by atoms with E-state index in [1.807, 2.05) is 12.4 Å². The first kappa shape index (κ1) is 16.9. The van der Waals surface area contributed by atoms with Crippen LogP contribution in [0.2, 0.25) is 0 Å². The number of unbranched alkanes of at least 4 members (excludes halogenated alkanes) is 2. The van der Waals surface area contributed by atoms with E-state index in [1.165, 1.54) is 25.7 Å². The maximum absolute atomic E-state index is 4.75. The van der Waals surface area contributed by atoms with E-state index in [0.29, 0.717) is 6.04 Å². The summed E-state index contributed by atoms with van der Waals surface area (Å²) in [6, 6.07) is 0.469. The number of anilines is 1. The molecule has 0 atom stereocenters. The van der Waals surface area contributed by atoms with Crippen LogP contribution < -0.4 is 10.2 Å². The second-order valence-corrected chi connectivity index (χ2v) is 5.60. The zero-order valence-electron chi connectivity index (χ0n) is 13.5. The van der Waals surface area contributed by atoms with Gasteiger partial charge in [0, 0.05) is 31.9 Å². The predicted molar refractivity (Wildman–Crippen MR) is 86.0 cm³/mol. The third-order valence-electron chi connectivity index (χ3n) is 3.25. The summed E-state index contributed by atoms with van der Waals surface area (Å²) in [5, 5.41) is 3.39. The van der Waals surface area contributed by atoms with E-state index in [-0.39, 0.29) is 0 Å². The van der Waals surface area contributed by atoms with Crippen molar-refractivity contribution in [3.63, 3.8) is 0 Å². The smallest absolute Gasteiger partial charge is 0.147 e. The molecule has 1 N–H and O–H groups in total. The second kappa shape index (κ2) is 9.70. The molecular formula is C16H30N4. The molecule has 1 rings (SSSR count). The van der Waals surface area contributed by atoms with Gasteiger partial charge in [-0.05, 0) is 12.8 Å². The van der Waals surface area contributed by atoms with Gasteiger partial charge in [0.15, 0.2) is 0 Å². The SMILES string of the molecule is CCCCN(CCCC)c1cncc(CNC(C)C)n1. The number of nitrogens with zero attached hydrogens (tertiary/aromatic N) is 3. The number of aromatic nitrogens is 2. The van der Waals surface area contributed by atoms with Crippen LogP contribution in [0.25, 0.3) is 0 Å². The van der Waals surface area contributed by atoms with Crippen LogP contribution in [0.5, 0.6) is 0 Å². The lowest BCUT2D eigenvalue weighted by Crippen LogP contribution is -2.28. The van der Waals surface area contributed by atoms with Crippen LogP contribution in [0.15, 0.2) is 12.4 Å². The molecule has 0 aliphatic heterocycles. The summed E-state index contributed by atoms with van der Waals surface area (Å²) in [5.74, 6) is 1.02. The van der Waals surface area contributed by atoms with E-state index in [1.54, 1.807) is 0 Å². The van der Waals surface area contributed by atoms with Gasteiger partial charge in [0.2, 0.25) is 0 Å². The van der Waals surface area contributed by atoms with Gasteiger partial charge < -0.3 is 10.2 Å². The highest BCUT2D eigenvalue weighted by molar-refractivity contribution is 5.36. The minimum atomic E-state index is 0.469. The normalized spacial score (nSPS) is 11.1. The first-order chi connectivity index (χ1) is 9.67. The van der Waals surface area contributed by atoms with Crippen molar-refractivity contribution in [2.75, 3.05) is 18.0 Å². The molecule has 0 bridgehead atoms. The Hall–Kier alpha value is -1.16. The van der Waals surface area contributed by atoms with Gasteiger partial charge in [-0.25, -0.2) is 4.98 Å². The first-order valence-corrected chi connectivity index (χ1v) is 7.96. The summed E-state index contributed by atoms with van der Waals surface area (Å²) < 4.78 is 0. The summed E-state index contributed by atoms with van der Waals surface area (Å²) in [7, 11) is 0. The van der Waals surface area contributed by atoms with Crippen LogP contribution in [0, 0.1) is 0 Å². The van der Waals surface area contributed by atoms with Crippen molar-refractivity contribution < 1.29 is 0 Å². The summed E-state index contributed by atoms with van der Waals surface area (Å²) in [5.41, 5.74) is 1.02. The van der Waals surface area contributed by atoms with Crippen molar-refractivity contribution in [2.45, 2.75) is 66.0 Å². The standard InChI is InChI=1S/C16H30N4/c1-5-7-9-20(10-8-6-2)16-13-17-11-15(19-16)12-18-14(3)4/h11,13-14,18H,5-10,12H2,1-4H3.